The summed E-state index contributed by atoms with van der Waals surface area (Å²) in [4.78, 5) is 0. The fourth-order valence-electron chi connectivity index (χ4n) is 1.49. The molecule has 0 aromatic heterocycles. The van der Waals surface area contributed by atoms with Crippen LogP contribution in [-0.2, 0) is 0 Å². The van der Waals surface area contributed by atoms with E-state index in [1.54, 1.807) is 0 Å². The fraction of sp³-hybridized carbons (Fsp3) is 1.00. The van der Waals surface area contributed by atoms with Crippen LogP contribution in [0, 0.1) is 5.41 Å². The molecule has 0 aromatic rings. The van der Waals surface area contributed by atoms with E-state index in [-0.39, 0.29) is 12.4 Å². The lowest BCUT2D eigenvalue weighted by Crippen LogP contribution is -2.16. The molecule has 0 unspecified atom stereocenters. The second kappa shape index (κ2) is 2.89. The molecule has 0 aromatic carbocycles. The van der Waals surface area contributed by atoms with E-state index in [1.807, 2.05) is 0 Å². The first-order chi connectivity index (χ1) is 3.60. The molecular weight excluding hydrogens is 134 g/mol. The Bertz CT molecular complexity index is 90.9. The highest BCUT2D eigenvalue weighted by Crippen LogP contribution is 2.35. The van der Waals surface area contributed by atoms with Gasteiger partial charge in [0, 0.05) is 6.04 Å². The maximum Gasteiger partial charge on any atom is 0.00441 e. The molecule has 0 bridgehead atoms. The quantitative estimate of drug-likeness (QED) is 0.560. The van der Waals surface area contributed by atoms with E-state index in [0.717, 1.165) is 0 Å². The summed E-state index contributed by atoms with van der Waals surface area (Å²) in [5.74, 6) is 0. The second-order valence-electron chi connectivity index (χ2n) is 3.67. The van der Waals surface area contributed by atoms with Crippen molar-refractivity contribution in [2.75, 3.05) is 0 Å². The third-order valence-electron chi connectivity index (χ3n) is 2.01. The van der Waals surface area contributed by atoms with Crippen LogP contribution in [0.1, 0.15) is 33.1 Å². The van der Waals surface area contributed by atoms with E-state index in [4.69, 9.17) is 5.73 Å². The lowest BCUT2D eigenvalue weighted by molar-refractivity contribution is 0.376. The summed E-state index contributed by atoms with van der Waals surface area (Å²) < 4.78 is 0. The number of hydrogen-bond donors (Lipinski definition) is 1. The normalized spacial score (nSPS) is 31.7. The van der Waals surface area contributed by atoms with Crippen LogP contribution in [0.2, 0.25) is 0 Å². The summed E-state index contributed by atoms with van der Waals surface area (Å²) in [7, 11) is 0. The molecule has 0 amide bonds. The van der Waals surface area contributed by atoms with E-state index in [0.29, 0.717) is 11.5 Å². The Kier molecular flexibility index (Phi) is 2.97. The van der Waals surface area contributed by atoms with Gasteiger partial charge < -0.3 is 5.73 Å². The predicted molar refractivity (Wildman–Crippen MR) is 42.9 cm³/mol. The average molecular weight is 150 g/mol. The van der Waals surface area contributed by atoms with Crippen molar-refractivity contribution in [3.8, 4) is 0 Å². The average Bonchev–Trinajstić information content (AvgIpc) is 1.82. The SMILES string of the molecule is CC1(C)CC[C@H](N)C1.Cl. The molecule has 56 valence electrons. The monoisotopic (exact) mass is 149 g/mol. The van der Waals surface area contributed by atoms with Gasteiger partial charge in [0.1, 0.15) is 0 Å². The van der Waals surface area contributed by atoms with Crippen molar-refractivity contribution in [2.45, 2.75) is 39.2 Å². The maximum absolute atomic E-state index is 5.71. The Morgan fingerprint density at radius 1 is 1.44 bits per heavy atom. The standard InChI is InChI=1S/C7H15N.ClH/c1-7(2)4-3-6(8)5-7;/h6H,3-5,8H2,1-2H3;1H/t6-;/m0./s1. The van der Waals surface area contributed by atoms with Gasteiger partial charge >= 0.3 is 0 Å². The first kappa shape index (κ1) is 9.25. The van der Waals surface area contributed by atoms with Gasteiger partial charge in [0.05, 0.1) is 0 Å². The highest BCUT2D eigenvalue weighted by atomic mass is 35.5. The van der Waals surface area contributed by atoms with Crippen LogP contribution >= 0.6 is 12.4 Å². The van der Waals surface area contributed by atoms with Crippen molar-refractivity contribution < 1.29 is 0 Å². The first-order valence-electron chi connectivity index (χ1n) is 3.36. The van der Waals surface area contributed by atoms with Crippen molar-refractivity contribution in [2.24, 2.45) is 11.1 Å². The molecule has 0 aliphatic heterocycles. The van der Waals surface area contributed by atoms with Gasteiger partial charge in [-0.3, -0.25) is 0 Å². The van der Waals surface area contributed by atoms with Crippen molar-refractivity contribution in [3.63, 3.8) is 0 Å². The van der Waals surface area contributed by atoms with Gasteiger partial charge in [-0.15, -0.1) is 12.4 Å². The minimum atomic E-state index is 0. The highest BCUT2D eigenvalue weighted by Gasteiger charge is 2.27. The largest absolute Gasteiger partial charge is 0.328 e. The van der Waals surface area contributed by atoms with Crippen LogP contribution in [0.25, 0.3) is 0 Å². The molecule has 1 aliphatic carbocycles. The topological polar surface area (TPSA) is 26.0 Å². The summed E-state index contributed by atoms with van der Waals surface area (Å²) in [6, 6.07) is 0.491. The second-order valence-corrected chi connectivity index (χ2v) is 3.67. The molecule has 2 N–H and O–H groups in total. The molecule has 0 spiro atoms. The van der Waals surface area contributed by atoms with Crippen LogP contribution < -0.4 is 5.73 Å². The number of hydrogen-bond acceptors (Lipinski definition) is 1. The minimum Gasteiger partial charge on any atom is -0.328 e. The Morgan fingerprint density at radius 2 is 2.00 bits per heavy atom. The van der Waals surface area contributed by atoms with E-state index in [1.165, 1.54) is 19.3 Å². The van der Waals surface area contributed by atoms with Gasteiger partial charge in [0.25, 0.3) is 0 Å². The van der Waals surface area contributed by atoms with Crippen molar-refractivity contribution in [1.82, 2.24) is 0 Å². The third-order valence-corrected chi connectivity index (χ3v) is 2.01. The third kappa shape index (κ3) is 2.55. The molecule has 1 rings (SSSR count). The molecule has 9 heavy (non-hydrogen) atoms. The lowest BCUT2D eigenvalue weighted by Gasteiger charge is -2.14. The Labute approximate surface area is 63.4 Å². The number of nitrogens with two attached hydrogens (primary N) is 1. The van der Waals surface area contributed by atoms with Gasteiger partial charge in [-0.2, -0.15) is 0 Å². The molecule has 1 nitrogen and oxygen atoms in total. The molecule has 2 heteroatoms. The van der Waals surface area contributed by atoms with Crippen LogP contribution in [0.3, 0.4) is 0 Å². The predicted octanol–water partition coefficient (Wildman–Crippen LogP) is 1.95. The van der Waals surface area contributed by atoms with Crippen molar-refractivity contribution in [3.05, 3.63) is 0 Å². The molecule has 1 fully saturated rings. The lowest BCUT2D eigenvalue weighted by atomic mass is 9.92. The summed E-state index contributed by atoms with van der Waals surface area (Å²) in [6.07, 6.45) is 3.76. The molecule has 1 aliphatic rings. The molecule has 1 saturated carbocycles. The number of rotatable bonds is 0. The first-order valence-corrected chi connectivity index (χ1v) is 3.36. The smallest absolute Gasteiger partial charge is 0.00441 e. The molecule has 0 heterocycles. The van der Waals surface area contributed by atoms with E-state index >= 15 is 0 Å². The molecular formula is C7H16ClN. The molecule has 0 saturated heterocycles. The van der Waals surface area contributed by atoms with Gasteiger partial charge in [0.15, 0.2) is 0 Å². The van der Waals surface area contributed by atoms with Gasteiger partial charge in [-0.05, 0) is 24.7 Å². The summed E-state index contributed by atoms with van der Waals surface area (Å²) in [5, 5.41) is 0. The zero-order valence-corrected chi connectivity index (χ0v) is 7.00. The zero-order chi connectivity index (χ0) is 6.20. The van der Waals surface area contributed by atoms with E-state index in [2.05, 4.69) is 13.8 Å². The molecule has 1 atom stereocenters. The van der Waals surface area contributed by atoms with Crippen LogP contribution in [-0.4, -0.2) is 6.04 Å². The Hall–Kier alpha value is 0.250. The molecule has 0 radical (unpaired) electrons. The van der Waals surface area contributed by atoms with Gasteiger partial charge in [-0.25, -0.2) is 0 Å². The van der Waals surface area contributed by atoms with E-state index < -0.39 is 0 Å². The Morgan fingerprint density at radius 3 is 2.11 bits per heavy atom. The van der Waals surface area contributed by atoms with Crippen LogP contribution in [0.4, 0.5) is 0 Å². The fourth-order valence-corrected chi connectivity index (χ4v) is 1.49. The van der Waals surface area contributed by atoms with E-state index in [9.17, 15) is 0 Å². The van der Waals surface area contributed by atoms with Gasteiger partial charge in [-0.1, -0.05) is 13.8 Å². The van der Waals surface area contributed by atoms with Gasteiger partial charge in [0.2, 0.25) is 0 Å². The van der Waals surface area contributed by atoms with Crippen molar-refractivity contribution >= 4 is 12.4 Å². The highest BCUT2D eigenvalue weighted by molar-refractivity contribution is 5.85. The van der Waals surface area contributed by atoms with Crippen LogP contribution in [0.15, 0.2) is 0 Å². The van der Waals surface area contributed by atoms with Crippen LogP contribution in [0.5, 0.6) is 0 Å². The maximum atomic E-state index is 5.71. The minimum absolute atomic E-state index is 0. The van der Waals surface area contributed by atoms with Crippen molar-refractivity contribution in [1.29, 1.82) is 0 Å². The summed E-state index contributed by atoms with van der Waals surface area (Å²) in [6.45, 7) is 4.58. The summed E-state index contributed by atoms with van der Waals surface area (Å²) in [5.41, 5.74) is 6.25. The summed E-state index contributed by atoms with van der Waals surface area (Å²) >= 11 is 0. The Balaban J connectivity index is 0.000000640. The zero-order valence-electron chi connectivity index (χ0n) is 6.18. The number of halogens is 1.